The molecule has 2 fully saturated rings. The van der Waals surface area contributed by atoms with Crippen LogP contribution in [0.3, 0.4) is 0 Å². The summed E-state index contributed by atoms with van der Waals surface area (Å²) in [4.78, 5) is 12.6. The Balaban J connectivity index is 1.69. The molecule has 11 heteroatoms. The first-order valence-corrected chi connectivity index (χ1v) is 10.5. The fraction of sp³-hybridized carbons (Fsp3) is 0.591. The predicted molar refractivity (Wildman–Crippen MR) is 110 cm³/mol. The maximum Gasteiger partial charge on any atom is 0.247 e. The van der Waals surface area contributed by atoms with Crippen LogP contribution in [0.2, 0.25) is 0 Å². The van der Waals surface area contributed by atoms with E-state index >= 15 is 0 Å². The fourth-order valence-electron chi connectivity index (χ4n) is 3.69. The van der Waals surface area contributed by atoms with Crippen LogP contribution in [0.1, 0.15) is 32.8 Å². The largest absolute Gasteiger partial charge is 0.490 e. The Labute approximate surface area is 189 Å². The molecular weight excluding hydrogens is 447 g/mol. The predicted octanol–water partition coefficient (Wildman–Crippen LogP) is 1.21. The van der Waals surface area contributed by atoms with Gasteiger partial charge in [0, 0.05) is 23.6 Å². The molecule has 3 rings (SSSR count). The highest BCUT2D eigenvalue weighted by molar-refractivity contribution is 5.97. The van der Waals surface area contributed by atoms with E-state index in [1.54, 1.807) is 0 Å². The molecular formula is C22H28F3NO7. The van der Waals surface area contributed by atoms with Crippen molar-refractivity contribution >= 4 is 12.0 Å². The van der Waals surface area contributed by atoms with Gasteiger partial charge in [0.2, 0.25) is 5.91 Å². The normalized spacial score (nSPS) is 30.2. The second-order valence-electron chi connectivity index (χ2n) is 8.80. The Morgan fingerprint density at radius 1 is 1.15 bits per heavy atom. The number of hydrogen-bond donors (Lipinski definition) is 4. The summed E-state index contributed by atoms with van der Waals surface area (Å²) < 4.78 is 57.7. The zero-order valence-electron chi connectivity index (χ0n) is 18.4. The van der Waals surface area contributed by atoms with Crippen LogP contribution in [-0.4, -0.2) is 76.9 Å². The number of aliphatic hydroxyl groups excluding tert-OH is 3. The second kappa shape index (κ2) is 9.98. The summed E-state index contributed by atoms with van der Waals surface area (Å²) in [5.74, 6) is -2.93. The summed E-state index contributed by atoms with van der Waals surface area (Å²) >= 11 is 0. The van der Waals surface area contributed by atoms with Crippen LogP contribution in [0, 0.1) is 11.6 Å². The summed E-state index contributed by atoms with van der Waals surface area (Å²) in [6, 6.07) is 0.362. The standard InChI is InChI=1S/C22H28F3NO7/c1-10(6-11-7-13(24)14(8-12(11)23)31-5-4-22(2,3)25)21(30)26-15-16(27)18(29)20-19(17(15)28)32-9-33-20/h6-8,15-20,27-29H,4-5,9H2,1-3H3,(H,26,30)/b10-6+/t15-,16+,17-,18-,19+,20-/m1/s1. The first kappa shape index (κ1) is 25.4. The Kier molecular flexibility index (Phi) is 7.69. The van der Waals surface area contributed by atoms with Crippen molar-refractivity contribution in [2.24, 2.45) is 0 Å². The summed E-state index contributed by atoms with van der Waals surface area (Å²) in [5.41, 5.74) is -1.81. The molecule has 2 aliphatic rings. The number of halogens is 3. The molecule has 8 nitrogen and oxygen atoms in total. The Morgan fingerprint density at radius 3 is 2.42 bits per heavy atom. The molecule has 4 N–H and O–H groups in total. The lowest BCUT2D eigenvalue weighted by molar-refractivity contribution is -0.155. The van der Waals surface area contributed by atoms with E-state index in [-0.39, 0.29) is 36.7 Å². The highest BCUT2D eigenvalue weighted by Gasteiger charge is 2.53. The van der Waals surface area contributed by atoms with Crippen molar-refractivity contribution < 1.29 is 47.5 Å². The van der Waals surface area contributed by atoms with Gasteiger partial charge in [-0.1, -0.05) is 0 Å². The third-order valence-electron chi connectivity index (χ3n) is 5.64. The summed E-state index contributed by atoms with van der Waals surface area (Å²) in [5, 5.41) is 33.3. The van der Waals surface area contributed by atoms with Gasteiger partial charge >= 0.3 is 0 Å². The number of alkyl halides is 1. The topological polar surface area (TPSA) is 117 Å². The molecule has 0 aromatic heterocycles. The van der Waals surface area contributed by atoms with Gasteiger partial charge in [0.25, 0.3) is 0 Å². The maximum absolute atomic E-state index is 14.5. The van der Waals surface area contributed by atoms with Crippen molar-refractivity contribution in [3.8, 4) is 5.75 Å². The summed E-state index contributed by atoms with van der Waals surface area (Å²) in [6.07, 6.45) is -5.13. The molecule has 0 bridgehead atoms. The van der Waals surface area contributed by atoms with Gasteiger partial charge in [-0.15, -0.1) is 0 Å². The summed E-state index contributed by atoms with van der Waals surface area (Å²) in [7, 11) is 0. The van der Waals surface area contributed by atoms with E-state index in [0.717, 1.165) is 18.2 Å². The smallest absolute Gasteiger partial charge is 0.247 e. The number of carbonyl (C=O) groups excluding carboxylic acids is 1. The first-order valence-electron chi connectivity index (χ1n) is 10.5. The van der Waals surface area contributed by atoms with Crippen molar-refractivity contribution in [1.29, 1.82) is 0 Å². The first-order chi connectivity index (χ1) is 15.4. The average Bonchev–Trinajstić information content (AvgIpc) is 3.22. The fourth-order valence-corrected chi connectivity index (χ4v) is 3.69. The van der Waals surface area contributed by atoms with E-state index in [4.69, 9.17) is 14.2 Å². The molecule has 1 heterocycles. The van der Waals surface area contributed by atoms with Crippen molar-refractivity contribution in [3.63, 3.8) is 0 Å². The van der Waals surface area contributed by atoms with Gasteiger partial charge in [0.1, 0.15) is 48.8 Å². The SMILES string of the molecule is C/C(=C\c1cc(F)c(OCCC(C)(C)F)cc1F)C(=O)N[C@@H]1[C@H](O)[C@@H](O)[C@H]2OCO[C@H]2[C@@H]1O. The van der Waals surface area contributed by atoms with Crippen LogP contribution < -0.4 is 10.1 Å². The van der Waals surface area contributed by atoms with Gasteiger partial charge in [-0.25, -0.2) is 13.2 Å². The molecule has 1 aliphatic heterocycles. The number of nitrogens with one attached hydrogen (secondary N) is 1. The van der Waals surface area contributed by atoms with Crippen LogP contribution in [0.25, 0.3) is 6.08 Å². The number of carbonyl (C=O) groups is 1. The van der Waals surface area contributed by atoms with Gasteiger partial charge < -0.3 is 34.8 Å². The Hall–Kier alpha value is -2.18. The van der Waals surface area contributed by atoms with Crippen molar-refractivity contribution in [2.45, 2.75) is 69.4 Å². The second-order valence-corrected chi connectivity index (χ2v) is 8.80. The van der Waals surface area contributed by atoms with Gasteiger partial charge in [0.05, 0.1) is 12.6 Å². The molecule has 1 amide bonds. The average molecular weight is 475 g/mol. The molecule has 0 unspecified atom stereocenters. The van der Waals surface area contributed by atoms with Gasteiger partial charge in [-0.2, -0.15) is 0 Å². The zero-order valence-corrected chi connectivity index (χ0v) is 18.4. The third kappa shape index (κ3) is 5.85. The van der Waals surface area contributed by atoms with Crippen LogP contribution in [0.5, 0.6) is 5.75 Å². The molecule has 184 valence electrons. The van der Waals surface area contributed by atoms with E-state index in [0.29, 0.717) is 0 Å². The molecule has 0 spiro atoms. The van der Waals surface area contributed by atoms with Crippen LogP contribution in [-0.2, 0) is 14.3 Å². The highest BCUT2D eigenvalue weighted by Crippen LogP contribution is 2.30. The molecule has 33 heavy (non-hydrogen) atoms. The highest BCUT2D eigenvalue weighted by atomic mass is 19.1. The van der Waals surface area contributed by atoms with Crippen LogP contribution in [0.4, 0.5) is 13.2 Å². The van der Waals surface area contributed by atoms with Gasteiger partial charge in [0.15, 0.2) is 11.6 Å². The number of benzene rings is 1. The number of aliphatic hydroxyl groups is 3. The van der Waals surface area contributed by atoms with Crippen molar-refractivity contribution in [3.05, 3.63) is 34.9 Å². The molecule has 1 aromatic rings. The molecule has 6 atom stereocenters. The summed E-state index contributed by atoms with van der Waals surface area (Å²) in [6.45, 7) is 3.69. The molecule has 0 radical (unpaired) electrons. The number of rotatable bonds is 7. The molecule has 1 aliphatic carbocycles. The molecule has 1 saturated carbocycles. The molecule has 1 aromatic carbocycles. The Morgan fingerprint density at radius 2 is 1.79 bits per heavy atom. The minimum Gasteiger partial charge on any atom is -0.490 e. The van der Waals surface area contributed by atoms with Gasteiger partial charge in [-0.05, 0) is 32.9 Å². The van der Waals surface area contributed by atoms with Crippen molar-refractivity contribution in [1.82, 2.24) is 5.32 Å². The number of hydrogen-bond acceptors (Lipinski definition) is 7. The minimum absolute atomic E-state index is 0.0126. The van der Waals surface area contributed by atoms with E-state index in [9.17, 15) is 33.3 Å². The van der Waals surface area contributed by atoms with E-state index in [2.05, 4.69) is 5.32 Å². The van der Waals surface area contributed by atoms with Crippen LogP contribution >= 0.6 is 0 Å². The quantitative estimate of drug-likeness (QED) is 0.438. The lowest BCUT2D eigenvalue weighted by Gasteiger charge is -2.41. The lowest BCUT2D eigenvalue weighted by atomic mass is 9.83. The number of ether oxygens (including phenoxy) is 3. The van der Waals surface area contributed by atoms with E-state index < -0.39 is 59.8 Å². The van der Waals surface area contributed by atoms with Crippen molar-refractivity contribution in [2.75, 3.05) is 13.4 Å². The lowest BCUT2D eigenvalue weighted by Crippen LogP contribution is -2.67. The minimum atomic E-state index is -1.54. The third-order valence-corrected chi connectivity index (χ3v) is 5.64. The van der Waals surface area contributed by atoms with Crippen LogP contribution in [0.15, 0.2) is 17.7 Å². The van der Waals surface area contributed by atoms with Gasteiger partial charge in [-0.3, -0.25) is 4.79 Å². The number of amides is 1. The number of fused-ring (bicyclic) bond motifs is 1. The monoisotopic (exact) mass is 475 g/mol. The molecule has 1 saturated heterocycles. The van der Waals surface area contributed by atoms with E-state index in [1.807, 2.05) is 0 Å². The zero-order chi connectivity index (χ0) is 24.5. The van der Waals surface area contributed by atoms with E-state index in [1.165, 1.54) is 20.8 Å². The maximum atomic E-state index is 14.5. The Bertz CT molecular complexity index is 905.